The molecule has 1 aromatic carbocycles. The van der Waals surface area contributed by atoms with Gasteiger partial charge < -0.3 is 5.32 Å². The molecule has 1 heterocycles. The van der Waals surface area contributed by atoms with Gasteiger partial charge in [0.15, 0.2) is 0 Å². The van der Waals surface area contributed by atoms with Crippen LogP contribution in [0, 0.1) is 5.92 Å². The molecular formula is C14H14ClNOS. The van der Waals surface area contributed by atoms with Gasteiger partial charge in [-0.1, -0.05) is 18.2 Å². The molecule has 1 atom stereocenters. The van der Waals surface area contributed by atoms with Crippen LogP contribution in [0.3, 0.4) is 0 Å². The molecule has 1 unspecified atom stereocenters. The summed E-state index contributed by atoms with van der Waals surface area (Å²) >= 11 is 7.70. The normalized spacial score (nSPS) is 16.7. The van der Waals surface area contributed by atoms with Crippen molar-refractivity contribution in [1.82, 2.24) is 5.32 Å². The topological polar surface area (TPSA) is 29.1 Å². The molecule has 0 bridgehead atoms. The molecule has 3 rings (SSSR count). The number of hydrogen-bond acceptors (Lipinski definition) is 2. The zero-order valence-electron chi connectivity index (χ0n) is 9.86. The number of nitrogens with one attached hydrogen (secondary N) is 1. The Morgan fingerprint density at radius 1 is 1.44 bits per heavy atom. The summed E-state index contributed by atoms with van der Waals surface area (Å²) in [5.41, 5.74) is 0. The minimum Gasteiger partial charge on any atom is -0.350 e. The monoisotopic (exact) mass is 279 g/mol. The Labute approximate surface area is 115 Å². The van der Waals surface area contributed by atoms with Crippen molar-refractivity contribution in [2.24, 2.45) is 5.92 Å². The second kappa shape index (κ2) is 4.90. The molecule has 4 heteroatoms. The van der Waals surface area contributed by atoms with E-state index >= 15 is 0 Å². The number of amides is 1. The quantitative estimate of drug-likeness (QED) is 0.851. The van der Waals surface area contributed by atoms with Gasteiger partial charge in [-0.05, 0) is 36.3 Å². The highest BCUT2D eigenvalue weighted by Crippen LogP contribution is 2.35. The first kappa shape index (κ1) is 12.0. The molecule has 1 aromatic heterocycles. The fourth-order valence-corrected chi connectivity index (χ4v) is 3.30. The molecule has 1 aliphatic carbocycles. The van der Waals surface area contributed by atoms with Crippen LogP contribution in [0.15, 0.2) is 30.3 Å². The van der Waals surface area contributed by atoms with E-state index in [0.717, 1.165) is 15.0 Å². The predicted octanol–water partition coefficient (Wildman–Crippen LogP) is 3.65. The van der Waals surface area contributed by atoms with Crippen LogP contribution in [-0.2, 0) is 0 Å². The van der Waals surface area contributed by atoms with Crippen LogP contribution in [0.5, 0.6) is 0 Å². The van der Waals surface area contributed by atoms with Crippen LogP contribution in [0.1, 0.15) is 22.5 Å². The van der Waals surface area contributed by atoms with Crippen molar-refractivity contribution in [3.8, 4) is 0 Å². The molecule has 0 aliphatic heterocycles. The van der Waals surface area contributed by atoms with Gasteiger partial charge in [-0.3, -0.25) is 4.79 Å². The number of halogens is 1. The Morgan fingerprint density at radius 2 is 2.22 bits per heavy atom. The van der Waals surface area contributed by atoms with Crippen molar-refractivity contribution in [2.75, 3.05) is 6.54 Å². The van der Waals surface area contributed by atoms with Crippen molar-refractivity contribution < 1.29 is 4.79 Å². The molecule has 18 heavy (non-hydrogen) atoms. The first-order chi connectivity index (χ1) is 8.74. The number of carbonyl (C=O) groups is 1. The predicted molar refractivity (Wildman–Crippen MR) is 76.5 cm³/mol. The lowest BCUT2D eigenvalue weighted by atomic mass is 10.2. The summed E-state index contributed by atoms with van der Waals surface area (Å²) in [6.45, 7) is 0.569. The number of carbonyl (C=O) groups excluding carboxylic acids is 1. The highest BCUT2D eigenvalue weighted by Gasteiger charge is 2.29. The molecule has 1 aliphatic rings. The van der Waals surface area contributed by atoms with E-state index in [2.05, 4.69) is 5.32 Å². The van der Waals surface area contributed by atoms with Crippen LogP contribution < -0.4 is 5.32 Å². The lowest BCUT2D eigenvalue weighted by molar-refractivity contribution is 0.0957. The number of hydrogen-bond donors (Lipinski definition) is 1. The molecule has 1 fully saturated rings. The maximum atomic E-state index is 12.0. The summed E-state index contributed by atoms with van der Waals surface area (Å²) in [4.78, 5) is 12.8. The molecule has 0 spiro atoms. The average Bonchev–Trinajstić information content (AvgIpc) is 3.14. The van der Waals surface area contributed by atoms with E-state index in [0.29, 0.717) is 12.5 Å². The van der Waals surface area contributed by atoms with Crippen LogP contribution in [0.4, 0.5) is 0 Å². The molecular weight excluding hydrogens is 266 g/mol. The third-order valence-corrected chi connectivity index (χ3v) is 4.87. The fourth-order valence-electron chi connectivity index (χ4n) is 2.00. The average molecular weight is 280 g/mol. The van der Waals surface area contributed by atoms with Gasteiger partial charge in [0.1, 0.15) is 0 Å². The summed E-state index contributed by atoms with van der Waals surface area (Å²) in [5.74, 6) is 0.594. The minimum atomic E-state index is -0.0116. The van der Waals surface area contributed by atoms with Crippen molar-refractivity contribution in [1.29, 1.82) is 0 Å². The van der Waals surface area contributed by atoms with Crippen molar-refractivity contribution >= 4 is 38.9 Å². The first-order valence-electron chi connectivity index (χ1n) is 6.15. The number of alkyl halides is 1. The Morgan fingerprint density at radius 3 is 2.94 bits per heavy atom. The number of thiophene rings is 1. The van der Waals surface area contributed by atoms with E-state index in [1.165, 1.54) is 24.2 Å². The smallest absolute Gasteiger partial charge is 0.261 e. The van der Waals surface area contributed by atoms with E-state index in [1.54, 1.807) is 0 Å². The molecule has 2 aromatic rings. The van der Waals surface area contributed by atoms with Gasteiger partial charge in [0.2, 0.25) is 0 Å². The summed E-state index contributed by atoms with van der Waals surface area (Å²) in [5, 5.41) is 4.13. The third kappa shape index (κ3) is 2.52. The van der Waals surface area contributed by atoms with Crippen LogP contribution in [0.25, 0.3) is 10.1 Å². The van der Waals surface area contributed by atoms with E-state index in [4.69, 9.17) is 11.6 Å². The van der Waals surface area contributed by atoms with Crippen molar-refractivity contribution in [3.05, 3.63) is 35.2 Å². The summed E-state index contributed by atoms with van der Waals surface area (Å²) in [7, 11) is 0. The SMILES string of the molecule is O=C(NCC(Cl)C1CC1)c1cc2ccccc2s1. The number of fused-ring (bicyclic) bond motifs is 1. The highest BCUT2D eigenvalue weighted by atomic mass is 35.5. The minimum absolute atomic E-state index is 0.0116. The Hall–Kier alpha value is -1.06. The van der Waals surface area contributed by atoms with Gasteiger partial charge in [0.05, 0.1) is 10.3 Å². The molecule has 94 valence electrons. The second-order valence-corrected chi connectivity index (χ2v) is 6.36. The van der Waals surface area contributed by atoms with Gasteiger partial charge in [-0.15, -0.1) is 22.9 Å². The van der Waals surface area contributed by atoms with E-state index < -0.39 is 0 Å². The lowest BCUT2D eigenvalue weighted by Gasteiger charge is -2.08. The lowest BCUT2D eigenvalue weighted by Crippen LogP contribution is -2.30. The fraction of sp³-hybridized carbons (Fsp3) is 0.357. The van der Waals surface area contributed by atoms with Crippen molar-refractivity contribution in [3.63, 3.8) is 0 Å². The van der Waals surface area contributed by atoms with Crippen molar-refractivity contribution in [2.45, 2.75) is 18.2 Å². The third-order valence-electron chi connectivity index (χ3n) is 3.24. The molecule has 0 radical (unpaired) electrons. The van der Waals surface area contributed by atoms with Gasteiger partial charge >= 0.3 is 0 Å². The van der Waals surface area contributed by atoms with Gasteiger partial charge in [0, 0.05) is 11.2 Å². The number of rotatable bonds is 4. The van der Waals surface area contributed by atoms with Crippen LogP contribution >= 0.6 is 22.9 Å². The molecule has 1 N–H and O–H groups in total. The highest BCUT2D eigenvalue weighted by molar-refractivity contribution is 7.20. The Balaban J connectivity index is 1.67. The Kier molecular flexibility index (Phi) is 3.27. The standard InChI is InChI=1S/C14H14ClNOS/c15-11(9-5-6-9)8-16-14(17)13-7-10-3-1-2-4-12(10)18-13/h1-4,7,9,11H,5-6,8H2,(H,16,17). The van der Waals surface area contributed by atoms with Gasteiger partial charge in [0.25, 0.3) is 5.91 Å². The maximum Gasteiger partial charge on any atom is 0.261 e. The molecule has 2 nitrogen and oxygen atoms in total. The largest absolute Gasteiger partial charge is 0.350 e. The van der Waals surface area contributed by atoms with E-state index in [1.807, 2.05) is 30.3 Å². The van der Waals surface area contributed by atoms with Crippen LogP contribution in [0.2, 0.25) is 0 Å². The zero-order chi connectivity index (χ0) is 12.5. The van der Waals surface area contributed by atoms with Crippen LogP contribution in [-0.4, -0.2) is 17.8 Å². The molecule has 1 saturated carbocycles. The zero-order valence-corrected chi connectivity index (χ0v) is 11.4. The first-order valence-corrected chi connectivity index (χ1v) is 7.40. The number of benzene rings is 1. The maximum absolute atomic E-state index is 12.0. The summed E-state index contributed by atoms with van der Waals surface area (Å²) in [6.07, 6.45) is 2.40. The van der Waals surface area contributed by atoms with Gasteiger partial charge in [-0.2, -0.15) is 0 Å². The second-order valence-electron chi connectivity index (χ2n) is 4.71. The molecule has 0 saturated heterocycles. The van der Waals surface area contributed by atoms with E-state index in [-0.39, 0.29) is 11.3 Å². The summed E-state index contributed by atoms with van der Waals surface area (Å²) < 4.78 is 1.15. The summed E-state index contributed by atoms with van der Waals surface area (Å²) in [6, 6.07) is 9.97. The Bertz CT molecular complexity index is 543. The van der Waals surface area contributed by atoms with E-state index in [9.17, 15) is 4.79 Å². The molecule has 1 amide bonds. The van der Waals surface area contributed by atoms with Gasteiger partial charge in [-0.25, -0.2) is 0 Å².